The summed E-state index contributed by atoms with van der Waals surface area (Å²) in [5, 5.41) is 12.9. The lowest BCUT2D eigenvalue weighted by Gasteiger charge is -2.37. The van der Waals surface area contributed by atoms with Crippen molar-refractivity contribution in [2.75, 3.05) is 19.7 Å². The number of hydrogen-bond donors (Lipinski definition) is 2. The van der Waals surface area contributed by atoms with Gasteiger partial charge < -0.3 is 15.2 Å². The number of carbonyl (C=O) groups is 3. The second kappa shape index (κ2) is 14.2. The van der Waals surface area contributed by atoms with Crippen molar-refractivity contribution >= 4 is 18.0 Å². The van der Waals surface area contributed by atoms with Crippen molar-refractivity contribution in [1.29, 1.82) is 0 Å². The molecule has 0 aromatic heterocycles. The van der Waals surface area contributed by atoms with Crippen LogP contribution in [0.2, 0.25) is 0 Å². The highest BCUT2D eigenvalue weighted by atomic mass is 16.6. The van der Waals surface area contributed by atoms with E-state index in [9.17, 15) is 19.5 Å². The van der Waals surface area contributed by atoms with E-state index in [1.165, 1.54) is 0 Å². The number of carboxylic acids is 1. The number of ether oxygens (including phenoxy) is 1. The van der Waals surface area contributed by atoms with Crippen molar-refractivity contribution in [1.82, 2.24) is 10.2 Å². The first-order chi connectivity index (χ1) is 23.0. The molecule has 0 unspecified atom stereocenters. The van der Waals surface area contributed by atoms with Gasteiger partial charge in [-0.05, 0) is 45.4 Å². The molecule has 0 spiro atoms. The molecule has 0 aliphatic heterocycles. The molecule has 1 aliphatic rings. The van der Waals surface area contributed by atoms with Gasteiger partial charge in [-0.25, -0.2) is 4.79 Å². The van der Waals surface area contributed by atoms with Crippen LogP contribution in [0, 0.1) is 0 Å². The molecule has 0 bridgehead atoms. The molecule has 1 aliphatic carbocycles. The third-order valence-electron chi connectivity index (χ3n) is 8.70. The van der Waals surface area contributed by atoms with Gasteiger partial charge in [-0.1, -0.05) is 140 Å². The molecule has 7 nitrogen and oxygen atoms in total. The Morgan fingerprint density at radius 2 is 1.11 bits per heavy atom. The first-order valence-electron chi connectivity index (χ1n) is 15.8. The van der Waals surface area contributed by atoms with E-state index >= 15 is 0 Å². The largest absolute Gasteiger partial charge is 0.480 e. The van der Waals surface area contributed by atoms with Crippen LogP contribution in [-0.2, 0) is 19.9 Å². The van der Waals surface area contributed by atoms with Gasteiger partial charge in [0.15, 0.2) is 0 Å². The molecule has 0 atom stereocenters. The molecule has 0 heterocycles. The predicted molar refractivity (Wildman–Crippen MR) is 181 cm³/mol. The van der Waals surface area contributed by atoms with Crippen molar-refractivity contribution < 1.29 is 24.2 Å². The lowest BCUT2D eigenvalue weighted by molar-refractivity contribution is -0.138. The van der Waals surface area contributed by atoms with Crippen LogP contribution in [0.1, 0.15) is 46.6 Å². The minimum atomic E-state index is -1.15. The molecular weight excluding hydrogens is 588 g/mol. The zero-order chi connectivity index (χ0) is 32.6. The number of fused-ring (bicyclic) bond motifs is 3. The van der Waals surface area contributed by atoms with E-state index in [0.717, 1.165) is 43.8 Å². The van der Waals surface area contributed by atoms with Crippen molar-refractivity contribution in [3.8, 4) is 11.1 Å². The highest BCUT2D eigenvalue weighted by molar-refractivity contribution is 5.81. The van der Waals surface area contributed by atoms with E-state index in [0.29, 0.717) is 0 Å². The third kappa shape index (κ3) is 6.65. The normalized spacial score (nSPS) is 12.1. The molecule has 0 saturated carbocycles. The van der Waals surface area contributed by atoms with Crippen LogP contribution in [0.15, 0.2) is 140 Å². The summed E-state index contributed by atoms with van der Waals surface area (Å²) in [5.41, 5.74) is 6.09. The Morgan fingerprint density at radius 3 is 1.57 bits per heavy atom. The van der Waals surface area contributed by atoms with Crippen molar-refractivity contribution in [3.05, 3.63) is 167 Å². The van der Waals surface area contributed by atoms with Crippen LogP contribution in [0.5, 0.6) is 0 Å². The molecule has 5 aromatic carbocycles. The third-order valence-corrected chi connectivity index (χ3v) is 8.70. The monoisotopic (exact) mass is 624 g/mol. The van der Waals surface area contributed by atoms with Gasteiger partial charge >= 0.3 is 12.1 Å². The van der Waals surface area contributed by atoms with Crippen LogP contribution in [0.25, 0.3) is 11.1 Å². The van der Waals surface area contributed by atoms with Gasteiger partial charge in [0.25, 0.3) is 0 Å². The molecule has 236 valence electrons. The first kappa shape index (κ1) is 31.3. The summed E-state index contributed by atoms with van der Waals surface area (Å²) < 4.78 is 5.74. The van der Waals surface area contributed by atoms with E-state index in [2.05, 4.69) is 17.4 Å². The lowest BCUT2D eigenvalue weighted by atomic mass is 9.77. The fraction of sp³-hybridized carbons (Fsp3) is 0.175. The highest BCUT2D eigenvalue weighted by Gasteiger charge is 2.38. The number of carbonyl (C=O) groups excluding carboxylic acids is 2. The number of nitrogens with one attached hydrogen (secondary N) is 1. The number of rotatable bonds is 12. The minimum Gasteiger partial charge on any atom is -0.480 e. The summed E-state index contributed by atoms with van der Waals surface area (Å²) in [4.78, 5) is 39.9. The summed E-state index contributed by atoms with van der Waals surface area (Å²) in [5.74, 6) is -1.53. The van der Waals surface area contributed by atoms with Gasteiger partial charge in [-0.3, -0.25) is 14.5 Å². The summed E-state index contributed by atoms with van der Waals surface area (Å²) in [6.07, 6.45) is -0.402. The second-order valence-electron chi connectivity index (χ2n) is 11.6. The summed E-state index contributed by atoms with van der Waals surface area (Å²) in [6, 6.07) is 45.5. The molecule has 0 saturated heterocycles. The van der Waals surface area contributed by atoms with Crippen molar-refractivity contribution in [2.45, 2.75) is 24.3 Å². The zero-order valence-electron chi connectivity index (χ0n) is 25.9. The average Bonchev–Trinajstić information content (AvgIpc) is 3.43. The number of nitrogens with zero attached hydrogens (tertiary/aromatic N) is 1. The van der Waals surface area contributed by atoms with Gasteiger partial charge in [-0.2, -0.15) is 0 Å². The Balaban J connectivity index is 1.16. The molecule has 0 radical (unpaired) electrons. The van der Waals surface area contributed by atoms with Gasteiger partial charge in [0, 0.05) is 18.9 Å². The number of carboxylic acid groups (broad SMARTS) is 1. The molecule has 2 N–H and O–H groups in total. The second-order valence-corrected chi connectivity index (χ2v) is 11.6. The number of hydrogen-bond acceptors (Lipinski definition) is 4. The maximum absolute atomic E-state index is 13.7. The van der Waals surface area contributed by atoms with Crippen LogP contribution in [0.4, 0.5) is 4.79 Å². The highest BCUT2D eigenvalue weighted by Crippen LogP contribution is 2.44. The van der Waals surface area contributed by atoms with Crippen LogP contribution < -0.4 is 5.32 Å². The molecular formula is C40H36N2O5. The Bertz CT molecular complexity index is 1700. The van der Waals surface area contributed by atoms with Crippen molar-refractivity contribution in [2.24, 2.45) is 0 Å². The first-order valence-corrected chi connectivity index (χ1v) is 15.8. The van der Waals surface area contributed by atoms with E-state index < -0.39 is 24.1 Å². The van der Waals surface area contributed by atoms with Crippen molar-refractivity contribution in [3.63, 3.8) is 0 Å². The molecule has 5 aromatic rings. The Labute approximate surface area is 274 Å². The molecule has 2 amide bonds. The average molecular weight is 625 g/mol. The van der Waals surface area contributed by atoms with Gasteiger partial charge in [-0.15, -0.1) is 0 Å². The summed E-state index contributed by atoms with van der Waals surface area (Å²) in [7, 11) is 0. The molecule has 47 heavy (non-hydrogen) atoms. The van der Waals surface area contributed by atoms with E-state index in [1.807, 2.05) is 127 Å². The standard InChI is InChI=1S/C40H36N2O5/c43-37(41-40(29-15-4-1-5-16-29,30-17-6-2-7-18-30)31-19-8-3-9-20-31)25-14-26-42(27-38(44)45)39(46)47-28-36-34-23-12-10-21-32(34)33-22-11-13-24-35(33)36/h1-13,15-24,36H,14,25-28H2,(H,41,43)(H,44,45). The maximum atomic E-state index is 13.7. The number of amides is 2. The van der Waals surface area contributed by atoms with Crippen LogP contribution >= 0.6 is 0 Å². The summed E-state index contributed by atoms with van der Waals surface area (Å²) in [6.45, 7) is -0.400. The van der Waals surface area contributed by atoms with Gasteiger partial charge in [0.1, 0.15) is 18.7 Å². The van der Waals surface area contributed by atoms with E-state index in [4.69, 9.17) is 4.74 Å². The predicted octanol–water partition coefficient (Wildman–Crippen LogP) is 7.21. The maximum Gasteiger partial charge on any atom is 0.410 e. The Kier molecular flexibility index (Phi) is 9.43. The Hall–Kier alpha value is -5.69. The SMILES string of the molecule is O=C(O)CN(CCCC(=O)NC(c1ccccc1)(c1ccccc1)c1ccccc1)C(=O)OCC1c2ccccc2-c2ccccc21. The zero-order valence-corrected chi connectivity index (χ0v) is 25.9. The number of aliphatic carboxylic acids is 1. The molecule has 7 heteroatoms. The number of benzene rings is 5. The summed E-state index contributed by atoms with van der Waals surface area (Å²) >= 11 is 0. The fourth-order valence-electron chi connectivity index (χ4n) is 6.57. The topological polar surface area (TPSA) is 95.9 Å². The van der Waals surface area contributed by atoms with E-state index in [1.54, 1.807) is 0 Å². The minimum absolute atomic E-state index is 0.0470. The van der Waals surface area contributed by atoms with Crippen LogP contribution in [-0.4, -0.2) is 47.7 Å². The fourth-order valence-corrected chi connectivity index (χ4v) is 6.57. The molecule has 0 fully saturated rings. The molecule has 6 rings (SSSR count). The van der Waals surface area contributed by atoms with Gasteiger partial charge in [0.2, 0.25) is 5.91 Å². The smallest absolute Gasteiger partial charge is 0.410 e. The quantitative estimate of drug-likeness (QED) is 0.143. The van der Waals surface area contributed by atoms with Gasteiger partial charge in [0.05, 0.1) is 0 Å². The Morgan fingerprint density at radius 1 is 0.660 bits per heavy atom. The lowest BCUT2D eigenvalue weighted by Crippen LogP contribution is -2.48. The van der Waals surface area contributed by atoms with Crippen LogP contribution in [0.3, 0.4) is 0 Å². The van der Waals surface area contributed by atoms with E-state index in [-0.39, 0.29) is 37.8 Å².